The van der Waals surface area contributed by atoms with E-state index >= 15 is 0 Å². The molecule has 1 aliphatic rings. The molecule has 0 saturated carbocycles. The summed E-state index contributed by atoms with van der Waals surface area (Å²) in [6.07, 6.45) is 1.56. The molecule has 1 aromatic carbocycles. The number of rotatable bonds is 5. The molecule has 0 aliphatic carbocycles. The van der Waals surface area contributed by atoms with E-state index in [1.54, 1.807) is 0 Å². The predicted octanol–water partition coefficient (Wildman–Crippen LogP) is 2.36. The van der Waals surface area contributed by atoms with Crippen LogP contribution in [0, 0.1) is 0 Å². The molecular formula is C16H22NO3+. The zero-order chi connectivity index (χ0) is 14.4. The summed E-state index contributed by atoms with van der Waals surface area (Å²) < 4.78 is 12.9. The fraction of sp³-hybridized carbons (Fsp3) is 0.500. The Hall–Kier alpha value is -1.84. The van der Waals surface area contributed by atoms with E-state index < -0.39 is 0 Å². The van der Waals surface area contributed by atoms with Gasteiger partial charge in [0.1, 0.15) is 0 Å². The first-order chi connectivity index (χ1) is 9.76. The fourth-order valence-corrected chi connectivity index (χ4v) is 2.52. The van der Waals surface area contributed by atoms with Gasteiger partial charge in [0.15, 0.2) is 6.54 Å². The summed E-state index contributed by atoms with van der Waals surface area (Å²) in [5.41, 5.74) is 1.17. The van der Waals surface area contributed by atoms with E-state index in [9.17, 15) is 4.79 Å². The molecule has 1 aromatic rings. The second-order valence-corrected chi connectivity index (χ2v) is 4.75. The lowest BCUT2D eigenvalue weighted by molar-refractivity contribution is -0.569. The second-order valence-electron chi connectivity index (χ2n) is 4.75. The van der Waals surface area contributed by atoms with Gasteiger partial charge in [-0.15, -0.1) is 0 Å². The van der Waals surface area contributed by atoms with Crippen LogP contribution in [-0.2, 0) is 20.8 Å². The van der Waals surface area contributed by atoms with Crippen molar-refractivity contribution >= 4 is 11.9 Å². The van der Waals surface area contributed by atoms with Crippen molar-refractivity contribution in [1.29, 1.82) is 0 Å². The Balaban J connectivity index is 2.20. The van der Waals surface area contributed by atoms with Gasteiger partial charge in [0.25, 0.3) is 6.04 Å². The van der Waals surface area contributed by atoms with Crippen molar-refractivity contribution in [3.8, 4) is 0 Å². The molecule has 0 spiro atoms. The molecule has 0 fully saturated rings. The van der Waals surface area contributed by atoms with E-state index in [2.05, 4.69) is 12.1 Å². The summed E-state index contributed by atoms with van der Waals surface area (Å²) in [5, 5.41) is 0. The number of esters is 1. The third-order valence-electron chi connectivity index (χ3n) is 3.39. The highest BCUT2D eigenvalue weighted by molar-refractivity contribution is 5.80. The molecule has 0 saturated heterocycles. The number of ether oxygens (including phenoxy) is 2. The number of hydrogen-bond donors (Lipinski definition) is 0. The van der Waals surface area contributed by atoms with Gasteiger partial charge in [-0.1, -0.05) is 30.3 Å². The Morgan fingerprint density at radius 3 is 2.65 bits per heavy atom. The first-order valence-electron chi connectivity index (χ1n) is 7.22. The standard InChI is InChI=1S/C16H22NO3/c1-3-19-15-11-10-14(16(18)20-4-2)17(15)12-13-8-6-5-7-9-13/h5-9,14H,3-4,10-12H2,1-2H3/q+1. The normalized spacial score (nSPS) is 18.2. The van der Waals surface area contributed by atoms with Gasteiger partial charge in [0.2, 0.25) is 0 Å². The summed E-state index contributed by atoms with van der Waals surface area (Å²) >= 11 is 0. The van der Waals surface area contributed by atoms with Crippen LogP contribution in [0.1, 0.15) is 32.3 Å². The molecule has 0 aromatic heterocycles. The van der Waals surface area contributed by atoms with E-state index in [4.69, 9.17) is 9.47 Å². The molecule has 2 rings (SSSR count). The van der Waals surface area contributed by atoms with Gasteiger partial charge >= 0.3 is 11.9 Å². The molecule has 4 nitrogen and oxygen atoms in total. The number of carbonyl (C=O) groups excluding carboxylic acids is 1. The number of nitrogens with zero attached hydrogens (tertiary/aromatic N) is 1. The number of benzene rings is 1. The van der Waals surface area contributed by atoms with Crippen molar-refractivity contribution in [3.05, 3.63) is 35.9 Å². The molecule has 1 atom stereocenters. The van der Waals surface area contributed by atoms with Gasteiger partial charge in [-0.05, 0) is 13.8 Å². The highest BCUT2D eigenvalue weighted by atomic mass is 16.5. The minimum absolute atomic E-state index is 0.155. The first kappa shape index (κ1) is 14.6. The predicted molar refractivity (Wildman–Crippen MR) is 76.7 cm³/mol. The van der Waals surface area contributed by atoms with Crippen molar-refractivity contribution < 1.29 is 18.8 Å². The van der Waals surface area contributed by atoms with Crippen LogP contribution >= 0.6 is 0 Å². The molecule has 0 amide bonds. The van der Waals surface area contributed by atoms with Crippen molar-refractivity contribution in [2.24, 2.45) is 0 Å². The van der Waals surface area contributed by atoms with Crippen LogP contribution in [0.25, 0.3) is 0 Å². The molecule has 1 aliphatic heterocycles. The molecule has 0 N–H and O–H groups in total. The quantitative estimate of drug-likeness (QED) is 0.612. The summed E-state index contributed by atoms with van der Waals surface area (Å²) in [5.74, 6) is 0.743. The average Bonchev–Trinajstić information content (AvgIpc) is 2.84. The van der Waals surface area contributed by atoms with Crippen LogP contribution in [-0.4, -0.2) is 35.7 Å². The van der Waals surface area contributed by atoms with Crippen LogP contribution in [0.4, 0.5) is 0 Å². The zero-order valence-electron chi connectivity index (χ0n) is 12.2. The molecule has 0 bridgehead atoms. The van der Waals surface area contributed by atoms with E-state index in [1.807, 2.05) is 36.6 Å². The van der Waals surface area contributed by atoms with Crippen LogP contribution in [0.5, 0.6) is 0 Å². The van der Waals surface area contributed by atoms with Gasteiger partial charge in [0, 0.05) is 12.0 Å². The molecular weight excluding hydrogens is 254 g/mol. The third-order valence-corrected chi connectivity index (χ3v) is 3.39. The van der Waals surface area contributed by atoms with Crippen molar-refractivity contribution in [2.45, 2.75) is 39.3 Å². The van der Waals surface area contributed by atoms with E-state index in [0.29, 0.717) is 19.8 Å². The van der Waals surface area contributed by atoms with E-state index in [1.165, 1.54) is 5.56 Å². The maximum Gasteiger partial charge on any atom is 0.375 e. The van der Waals surface area contributed by atoms with E-state index in [0.717, 1.165) is 18.7 Å². The number of carbonyl (C=O) groups is 1. The van der Waals surface area contributed by atoms with Crippen LogP contribution in [0.2, 0.25) is 0 Å². The maximum absolute atomic E-state index is 12.1. The van der Waals surface area contributed by atoms with Crippen LogP contribution < -0.4 is 0 Å². The fourth-order valence-electron chi connectivity index (χ4n) is 2.52. The Morgan fingerprint density at radius 1 is 1.25 bits per heavy atom. The lowest BCUT2D eigenvalue weighted by atomic mass is 10.2. The monoisotopic (exact) mass is 276 g/mol. The Morgan fingerprint density at radius 2 is 2.00 bits per heavy atom. The minimum atomic E-state index is -0.225. The first-order valence-corrected chi connectivity index (χ1v) is 7.22. The van der Waals surface area contributed by atoms with Gasteiger partial charge in [-0.3, -0.25) is 0 Å². The van der Waals surface area contributed by atoms with Gasteiger partial charge in [-0.2, -0.15) is 4.58 Å². The molecule has 4 heteroatoms. The lowest BCUT2D eigenvalue weighted by Crippen LogP contribution is -2.34. The summed E-state index contributed by atoms with van der Waals surface area (Å²) in [6.45, 7) is 5.52. The smallest absolute Gasteiger partial charge is 0.375 e. The largest absolute Gasteiger partial charge is 0.461 e. The lowest BCUT2D eigenvalue weighted by Gasteiger charge is -2.10. The van der Waals surface area contributed by atoms with Crippen molar-refractivity contribution in [2.75, 3.05) is 13.2 Å². The summed E-state index contributed by atoms with van der Waals surface area (Å²) in [6, 6.07) is 9.89. The Bertz CT molecular complexity index is 482. The van der Waals surface area contributed by atoms with Gasteiger partial charge < -0.3 is 9.47 Å². The SMILES string of the molecule is CCOC(=O)C1CCC(OCC)=[N+]1Cc1ccccc1. The average molecular weight is 276 g/mol. The third kappa shape index (κ3) is 3.38. The summed E-state index contributed by atoms with van der Waals surface area (Å²) in [4.78, 5) is 12.1. The Labute approximate surface area is 120 Å². The molecule has 108 valence electrons. The van der Waals surface area contributed by atoms with Gasteiger partial charge in [0.05, 0.1) is 19.6 Å². The van der Waals surface area contributed by atoms with E-state index in [-0.39, 0.29) is 12.0 Å². The highest BCUT2D eigenvalue weighted by Gasteiger charge is 2.40. The van der Waals surface area contributed by atoms with Crippen molar-refractivity contribution in [3.63, 3.8) is 0 Å². The van der Waals surface area contributed by atoms with Crippen molar-refractivity contribution in [1.82, 2.24) is 0 Å². The number of hydrogen-bond acceptors (Lipinski definition) is 3. The van der Waals surface area contributed by atoms with Gasteiger partial charge in [-0.25, -0.2) is 4.79 Å². The molecule has 1 unspecified atom stereocenters. The van der Waals surface area contributed by atoms with Crippen LogP contribution in [0.3, 0.4) is 0 Å². The Kier molecular flexibility index (Phi) is 5.16. The molecule has 1 heterocycles. The molecule has 20 heavy (non-hydrogen) atoms. The topological polar surface area (TPSA) is 38.5 Å². The van der Waals surface area contributed by atoms with Crippen LogP contribution in [0.15, 0.2) is 30.3 Å². The maximum atomic E-state index is 12.1. The summed E-state index contributed by atoms with van der Waals surface area (Å²) in [7, 11) is 0. The zero-order valence-corrected chi connectivity index (χ0v) is 12.2. The molecule has 0 radical (unpaired) electrons. The highest BCUT2D eigenvalue weighted by Crippen LogP contribution is 2.18. The second kappa shape index (κ2) is 7.08. The minimum Gasteiger partial charge on any atom is -0.461 e.